The highest BCUT2D eigenvalue weighted by Gasteiger charge is 2.54. The lowest BCUT2D eigenvalue weighted by Gasteiger charge is -2.33. The van der Waals surface area contributed by atoms with E-state index in [9.17, 15) is 14.4 Å². The van der Waals surface area contributed by atoms with Gasteiger partial charge in [-0.25, -0.2) is 0 Å². The number of rotatable bonds is 6. The fourth-order valence-electron chi connectivity index (χ4n) is 4.62. The van der Waals surface area contributed by atoms with Crippen molar-refractivity contribution in [3.05, 3.63) is 34.9 Å². The molecule has 3 fully saturated rings. The normalized spacial score (nSPS) is 25.4. The van der Waals surface area contributed by atoms with Gasteiger partial charge in [-0.1, -0.05) is 29.8 Å². The van der Waals surface area contributed by atoms with E-state index in [1.54, 1.807) is 24.3 Å². The molecule has 1 atom stereocenters. The van der Waals surface area contributed by atoms with Crippen molar-refractivity contribution < 1.29 is 14.4 Å². The van der Waals surface area contributed by atoms with Gasteiger partial charge in [0.05, 0.1) is 5.41 Å². The molecule has 6 heteroatoms. The van der Waals surface area contributed by atoms with Gasteiger partial charge >= 0.3 is 0 Å². The van der Waals surface area contributed by atoms with Crippen LogP contribution in [0.15, 0.2) is 24.3 Å². The molecule has 1 saturated heterocycles. The number of benzene rings is 1. The van der Waals surface area contributed by atoms with Crippen LogP contribution in [0.1, 0.15) is 44.1 Å². The highest BCUT2D eigenvalue weighted by molar-refractivity contribution is 6.32. The van der Waals surface area contributed by atoms with E-state index in [4.69, 9.17) is 11.6 Å². The van der Waals surface area contributed by atoms with Crippen molar-refractivity contribution in [2.24, 2.45) is 11.8 Å². The predicted molar refractivity (Wildman–Crippen MR) is 102 cm³/mol. The topological polar surface area (TPSA) is 57.7 Å². The summed E-state index contributed by atoms with van der Waals surface area (Å²) in [5, 5.41) is 0.422. The van der Waals surface area contributed by atoms with E-state index in [1.807, 2.05) is 11.9 Å². The van der Waals surface area contributed by atoms with Gasteiger partial charge in [0.1, 0.15) is 0 Å². The van der Waals surface area contributed by atoms with E-state index in [2.05, 4.69) is 0 Å². The molecule has 0 spiro atoms. The molecule has 1 unspecified atom stereocenters. The first-order chi connectivity index (χ1) is 12.8. The van der Waals surface area contributed by atoms with Crippen LogP contribution in [0.2, 0.25) is 5.02 Å². The summed E-state index contributed by atoms with van der Waals surface area (Å²) in [7, 11) is 3.34. The summed E-state index contributed by atoms with van der Waals surface area (Å²) in [6.07, 6.45) is 4.67. The van der Waals surface area contributed by atoms with Crippen LogP contribution in [-0.4, -0.2) is 47.7 Å². The van der Waals surface area contributed by atoms with Gasteiger partial charge in [-0.2, -0.15) is 0 Å². The minimum absolute atomic E-state index is 0.0107. The molecule has 0 aromatic heterocycles. The SMILES string of the molecule is CN1C(=O)CC(CC(=O)N(C)C(C2CC2)C2CC2)(c2ccccc2Cl)C1=O. The average molecular weight is 389 g/mol. The van der Waals surface area contributed by atoms with Gasteiger partial charge in [-0.3, -0.25) is 19.3 Å². The molecule has 1 aliphatic heterocycles. The first kappa shape index (κ1) is 18.5. The molecule has 1 aromatic carbocycles. The van der Waals surface area contributed by atoms with Crippen LogP contribution in [0.25, 0.3) is 0 Å². The Bertz CT molecular complexity index is 790. The van der Waals surface area contributed by atoms with E-state index in [0.717, 1.165) is 4.90 Å². The maximum absolute atomic E-state index is 13.3. The number of hydrogen-bond donors (Lipinski definition) is 0. The van der Waals surface area contributed by atoms with E-state index in [1.165, 1.54) is 32.7 Å². The van der Waals surface area contributed by atoms with Crippen molar-refractivity contribution in [3.63, 3.8) is 0 Å². The summed E-state index contributed by atoms with van der Waals surface area (Å²) >= 11 is 6.39. The van der Waals surface area contributed by atoms with E-state index in [0.29, 0.717) is 22.4 Å². The first-order valence-corrected chi connectivity index (χ1v) is 10.0. The molecule has 0 bridgehead atoms. The maximum Gasteiger partial charge on any atom is 0.240 e. The molecule has 3 amide bonds. The first-order valence-electron chi connectivity index (χ1n) is 9.67. The Morgan fingerprint density at radius 1 is 1.22 bits per heavy atom. The molecule has 0 N–H and O–H groups in total. The number of imide groups is 1. The summed E-state index contributed by atoms with van der Waals surface area (Å²) in [5.41, 5.74) is -0.627. The molecule has 27 heavy (non-hydrogen) atoms. The molecule has 2 aliphatic carbocycles. The summed E-state index contributed by atoms with van der Waals surface area (Å²) < 4.78 is 0. The fourth-order valence-corrected chi connectivity index (χ4v) is 4.94. The third-order valence-electron chi connectivity index (χ3n) is 6.43. The zero-order valence-electron chi connectivity index (χ0n) is 15.8. The Balaban J connectivity index is 1.66. The van der Waals surface area contributed by atoms with Gasteiger partial charge in [0.25, 0.3) is 0 Å². The predicted octanol–water partition coefficient (Wildman–Crippen LogP) is 3.00. The molecular formula is C21H25ClN2O3. The second-order valence-electron chi connectivity index (χ2n) is 8.34. The molecule has 1 heterocycles. The molecule has 144 valence electrons. The maximum atomic E-state index is 13.3. The number of halogens is 1. The second kappa shape index (κ2) is 6.62. The van der Waals surface area contributed by atoms with Crippen LogP contribution < -0.4 is 0 Å². The van der Waals surface area contributed by atoms with Crippen LogP contribution in [-0.2, 0) is 19.8 Å². The van der Waals surface area contributed by atoms with Gasteiger partial charge < -0.3 is 4.90 Å². The minimum atomic E-state index is -1.20. The van der Waals surface area contributed by atoms with Crippen molar-refractivity contribution >= 4 is 29.3 Å². The van der Waals surface area contributed by atoms with Crippen LogP contribution >= 0.6 is 11.6 Å². The number of likely N-dealkylation sites (tertiary alicyclic amines) is 1. The quantitative estimate of drug-likeness (QED) is 0.704. The van der Waals surface area contributed by atoms with Gasteiger partial charge in [-0.15, -0.1) is 0 Å². The van der Waals surface area contributed by atoms with Crippen LogP contribution in [0.4, 0.5) is 0 Å². The number of carbonyl (C=O) groups is 3. The minimum Gasteiger partial charge on any atom is -0.342 e. The zero-order chi connectivity index (χ0) is 19.3. The van der Waals surface area contributed by atoms with E-state index in [-0.39, 0.29) is 36.6 Å². The number of likely N-dealkylation sites (N-methyl/N-ethyl adjacent to an activating group) is 1. The lowest BCUT2D eigenvalue weighted by atomic mass is 9.75. The van der Waals surface area contributed by atoms with Crippen LogP contribution in [0.3, 0.4) is 0 Å². The van der Waals surface area contributed by atoms with Crippen molar-refractivity contribution in [2.75, 3.05) is 14.1 Å². The van der Waals surface area contributed by atoms with E-state index >= 15 is 0 Å². The van der Waals surface area contributed by atoms with Gasteiger partial charge in [0.2, 0.25) is 17.7 Å². The smallest absolute Gasteiger partial charge is 0.240 e. The summed E-state index contributed by atoms with van der Waals surface area (Å²) in [6, 6.07) is 7.32. The second-order valence-corrected chi connectivity index (χ2v) is 8.75. The lowest BCUT2D eigenvalue weighted by Crippen LogP contribution is -2.46. The van der Waals surface area contributed by atoms with Crippen LogP contribution in [0.5, 0.6) is 0 Å². The average Bonchev–Trinajstić information content (AvgIpc) is 3.54. The Morgan fingerprint density at radius 3 is 2.30 bits per heavy atom. The van der Waals surface area contributed by atoms with Gasteiger partial charge in [0, 0.05) is 38.0 Å². The largest absolute Gasteiger partial charge is 0.342 e. The molecular weight excluding hydrogens is 364 g/mol. The fraction of sp³-hybridized carbons (Fsp3) is 0.571. The molecule has 0 radical (unpaired) electrons. The highest BCUT2D eigenvalue weighted by atomic mass is 35.5. The number of amides is 3. The summed E-state index contributed by atoms with van der Waals surface area (Å²) in [6.45, 7) is 0. The molecule has 5 nitrogen and oxygen atoms in total. The van der Waals surface area contributed by atoms with Crippen molar-refractivity contribution in [3.8, 4) is 0 Å². The molecule has 2 saturated carbocycles. The number of nitrogens with zero attached hydrogens (tertiary/aromatic N) is 2. The van der Waals surface area contributed by atoms with Crippen molar-refractivity contribution in [2.45, 2.75) is 50.0 Å². The Labute approximate surface area is 164 Å². The number of hydrogen-bond acceptors (Lipinski definition) is 3. The Kier molecular flexibility index (Phi) is 4.53. The summed E-state index contributed by atoms with van der Waals surface area (Å²) in [5.74, 6) is 0.501. The van der Waals surface area contributed by atoms with Gasteiger partial charge in [0.15, 0.2) is 0 Å². The lowest BCUT2D eigenvalue weighted by molar-refractivity contribution is -0.142. The summed E-state index contributed by atoms with van der Waals surface area (Å²) in [4.78, 5) is 41.7. The van der Waals surface area contributed by atoms with Crippen LogP contribution in [0, 0.1) is 11.8 Å². The molecule has 1 aromatic rings. The van der Waals surface area contributed by atoms with Crippen molar-refractivity contribution in [1.29, 1.82) is 0 Å². The third kappa shape index (κ3) is 3.16. The molecule has 3 aliphatic rings. The molecule has 4 rings (SSSR count). The Morgan fingerprint density at radius 2 is 1.81 bits per heavy atom. The monoisotopic (exact) mass is 388 g/mol. The zero-order valence-corrected chi connectivity index (χ0v) is 16.5. The van der Waals surface area contributed by atoms with E-state index < -0.39 is 5.41 Å². The standard InChI is InChI=1S/C21H25ClN2O3/c1-23(19(13-7-8-13)14-9-10-14)17(25)11-21(12-18(26)24(2)20(21)27)15-5-3-4-6-16(15)22/h3-6,13-14,19H,7-12H2,1-2H3. The third-order valence-corrected chi connectivity index (χ3v) is 6.76. The number of carbonyl (C=O) groups excluding carboxylic acids is 3. The Hall–Kier alpha value is -1.88. The highest BCUT2D eigenvalue weighted by Crippen LogP contribution is 2.48. The van der Waals surface area contributed by atoms with Gasteiger partial charge in [-0.05, 0) is 49.1 Å². The van der Waals surface area contributed by atoms with Crippen molar-refractivity contribution in [1.82, 2.24) is 9.80 Å².